The first kappa shape index (κ1) is 43.4. The van der Waals surface area contributed by atoms with Crippen LogP contribution in [0.4, 0.5) is 17.1 Å². The number of anilines is 3. The zero-order valence-electron chi connectivity index (χ0n) is 40.0. The van der Waals surface area contributed by atoms with E-state index in [0.717, 1.165) is 50.5 Å². The minimum Gasteiger partial charge on any atom is -0.310 e. The van der Waals surface area contributed by atoms with E-state index in [1.54, 1.807) is 0 Å². The number of hydrogen-bond donors (Lipinski definition) is 0. The third-order valence-corrected chi connectivity index (χ3v) is 14.7. The van der Waals surface area contributed by atoms with Crippen molar-refractivity contribution in [1.29, 1.82) is 0 Å². The summed E-state index contributed by atoms with van der Waals surface area (Å²) in [6.07, 6.45) is 2.31. The number of benzene rings is 9. The fourth-order valence-electron chi connectivity index (χ4n) is 10.8. The molecule has 1 aliphatic carbocycles. The molecule has 334 valence electrons. The van der Waals surface area contributed by atoms with E-state index in [2.05, 4.69) is 184 Å². The van der Waals surface area contributed by atoms with Crippen LogP contribution in [0.5, 0.6) is 0 Å². The Bertz CT molecular complexity index is 3470. The Hall–Kier alpha value is -8.14. The molecule has 0 fully saturated rings. The first-order valence-corrected chi connectivity index (χ1v) is 23.9. The van der Waals surface area contributed by atoms with Gasteiger partial charge < -0.3 is 4.90 Å². The molecule has 3 nitrogen and oxygen atoms in total. The molecular weight excluding hydrogens is 839 g/mol. The Morgan fingerprint density at radius 1 is 0.391 bits per heavy atom. The van der Waals surface area contributed by atoms with E-state index in [9.17, 15) is 0 Å². The number of ketones is 2. The van der Waals surface area contributed by atoms with Gasteiger partial charge in [0.1, 0.15) is 0 Å². The monoisotopic (exact) mass is 891 g/mol. The van der Waals surface area contributed by atoms with Gasteiger partial charge in [-0.15, -0.1) is 0 Å². The molecule has 0 bridgehead atoms. The summed E-state index contributed by atoms with van der Waals surface area (Å²) in [6, 6.07) is 71.0. The van der Waals surface area contributed by atoms with Gasteiger partial charge in [0.15, 0.2) is 11.6 Å². The molecule has 0 spiro atoms. The highest BCUT2D eigenvalue weighted by Gasteiger charge is 2.37. The van der Waals surface area contributed by atoms with E-state index in [-0.39, 0.29) is 22.4 Å². The number of hydrogen-bond acceptors (Lipinski definition) is 3. The molecular formula is C66H53NO2. The number of nitrogens with zero attached hydrogens (tertiary/aromatic N) is 1. The van der Waals surface area contributed by atoms with Crippen LogP contribution in [0, 0.1) is 13.8 Å². The normalized spacial score (nSPS) is 14.1. The number of carbonyl (C=O) groups is 2. The lowest BCUT2D eigenvalue weighted by Gasteiger charge is -2.42. The molecule has 11 rings (SSSR count). The van der Waals surface area contributed by atoms with Crippen molar-refractivity contribution in [3.63, 3.8) is 0 Å². The largest absolute Gasteiger partial charge is 0.310 e. The summed E-state index contributed by atoms with van der Waals surface area (Å²) in [5.41, 5.74) is 20.0. The van der Waals surface area contributed by atoms with Crippen LogP contribution in [0.25, 0.3) is 33.9 Å². The molecule has 3 heteroatoms. The lowest BCUT2D eigenvalue weighted by Crippen LogP contribution is -2.30. The van der Waals surface area contributed by atoms with Gasteiger partial charge in [-0.3, -0.25) is 9.59 Å². The van der Waals surface area contributed by atoms with Crippen LogP contribution < -0.4 is 4.90 Å². The Labute approximate surface area is 406 Å². The molecule has 0 N–H and O–H groups in total. The Balaban J connectivity index is 1.08. The van der Waals surface area contributed by atoms with E-state index in [0.29, 0.717) is 33.4 Å². The van der Waals surface area contributed by atoms with Crippen molar-refractivity contribution in [2.75, 3.05) is 4.90 Å². The van der Waals surface area contributed by atoms with Gasteiger partial charge >= 0.3 is 0 Å². The third kappa shape index (κ3) is 7.46. The van der Waals surface area contributed by atoms with Crippen molar-refractivity contribution in [2.45, 2.75) is 52.4 Å². The van der Waals surface area contributed by atoms with E-state index in [4.69, 9.17) is 0 Å². The lowest BCUT2D eigenvalue weighted by molar-refractivity contribution is 0.102. The molecule has 9 aromatic rings. The second-order valence-corrected chi connectivity index (χ2v) is 19.8. The maximum absolute atomic E-state index is 15.0. The average Bonchev–Trinajstić information content (AvgIpc) is 3.48. The van der Waals surface area contributed by atoms with Gasteiger partial charge in [-0.05, 0) is 123 Å². The van der Waals surface area contributed by atoms with Gasteiger partial charge in [0, 0.05) is 38.8 Å². The van der Waals surface area contributed by atoms with Gasteiger partial charge in [-0.2, -0.15) is 0 Å². The molecule has 0 atom stereocenters. The first-order valence-electron chi connectivity index (χ1n) is 23.9. The van der Waals surface area contributed by atoms with E-state index in [1.807, 2.05) is 74.5 Å². The number of fused-ring (bicyclic) bond motifs is 4. The number of rotatable bonds is 8. The number of aryl methyl sites for hydroxylation is 2. The van der Waals surface area contributed by atoms with Gasteiger partial charge in [0.05, 0.1) is 11.4 Å². The summed E-state index contributed by atoms with van der Waals surface area (Å²) in [5.74, 6) is -0.214. The topological polar surface area (TPSA) is 37.4 Å². The van der Waals surface area contributed by atoms with E-state index in [1.165, 1.54) is 33.4 Å². The van der Waals surface area contributed by atoms with Crippen molar-refractivity contribution < 1.29 is 9.59 Å². The quantitative estimate of drug-likeness (QED) is 0.143. The molecule has 0 saturated heterocycles. The van der Waals surface area contributed by atoms with Crippen LogP contribution in [-0.4, -0.2) is 11.6 Å². The van der Waals surface area contributed by atoms with E-state index >= 15 is 9.59 Å². The summed E-state index contributed by atoms with van der Waals surface area (Å²) in [6.45, 7) is 13.2. The number of para-hydroxylation sites is 2. The van der Waals surface area contributed by atoms with Gasteiger partial charge in [0.25, 0.3) is 0 Å². The first-order chi connectivity index (χ1) is 33.4. The molecule has 1 heterocycles. The second-order valence-electron chi connectivity index (χ2n) is 19.8. The van der Waals surface area contributed by atoms with Crippen LogP contribution in [0.15, 0.2) is 206 Å². The fourth-order valence-corrected chi connectivity index (χ4v) is 10.8. The van der Waals surface area contributed by atoms with Crippen molar-refractivity contribution >= 4 is 40.3 Å². The van der Waals surface area contributed by atoms with Crippen LogP contribution >= 0.6 is 0 Å². The van der Waals surface area contributed by atoms with Crippen molar-refractivity contribution in [3.05, 3.63) is 279 Å². The minimum atomic E-state index is -0.208. The van der Waals surface area contributed by atoms with Crippen LogP contribution in [-0.2, 0) is 10.8 Å². The summed E-state index contributed by atoms with van der Waals surface area (Å²) >= 11 is 0. The SMILES string of the molecule is Cc1ccc(C(=O)c2cc(-c3ccc(N4c5ccccc5C(C)(C)c5ccccc54)cc3)c(C(=O)c3ccc(C)cc3)cc2-c2ccc(C3=Cc4ccccc4C(C)(C)c4ccccc43)cc2)cc1. The van der Waals surface area contributed by atoms with Crippen molar-refractivity contribution in [3.8, 4) is 22.3 Å². The van der Waals surface area contributed by atoms with Gasteiger partial charge in [-0.1, -0.05) is 209 Å². The maximum atomic E-state index is 15.0. The van der Waals surface area contributed by atoms with Gasteiger partial charge in [0.2, 0.25) is 0 Å². The molecule has 69 heavy (non-hydrogen) atoms. The summed E-state index contributed by atoms with van der Waals surface area (Å²) in [5, 5.41) is 0. The highest BCUT2D eigenvalue weighted by Crippen LogP contribution is 2.52. The Morgan fingerprint density at radius 2 is 0.797 bits per heavy atom. The van der Waals surface area contributed by atoms with Gasteiger partial charge in [-0.25, -0.2) is 0 Å². The van der Waals surface area contributed by atoms with Crippen molar-refractivity contribution in [1.82, 2.24) is 0 Å². The summed E-state index contributed by atoms with van der Waals surface area (Å²) in [4.78, 5) is 32.4. The molecule has 0 amide bonds. The standard InChI is InChI=1S/C66H53NO2/c1-42-23-27-47(28-24-42)63(68)55-41-54(46-35-37-50(38-36-46)67-61-21-13-11-19-59(61)66(5,6)60-20-12-14-22-62(60)67)56(64(69)48-29-25-43(2)26-30-48)40-53(55)45-33-31-44(32-34-45)52-39-49-15-7-9-17-57(49)65(3,4)58-18-10-8-16-51(52)58/h7-41H,1-6H3. The molecule has 1 aliphatic heterocycles. The molecule has 0 unspecified atom stereocenters. The van der Waals surface area contributed by atoms with Crippen LogP contribution in [0.3, 0.4) is 0 Å². The smallest absolute Gasteiger partial charge is 0.193 e. The minimum absolute atomic E-state index is 0.107. The number of carbonyl (C=O) groups excluding carboxylic acids is 2. The average molecular weight is 892 g/mol. The molecule has 0 aromatic heterocycles. The molecule has 2 aliphatic rings. The Morgan fingerprint density at radius 3 is 1.32 bits per heavy atom. The predicted octanol–water partition coefficient (Wildman–Crippen LogP) is 16.4. The molecule has 0 saturated carbocycles. The Kier molecular flexibility index (Phi) is 10.6. The molecule has 0 radical (unpaired) electrons. The van der Waals surface area contributed by atoms with Crippen LogP contribution in [0.1, 0.15) is 110 Å². The second kappa shape index (κ2) is 16.9. The zero-order valence-corrected chi connectivity index (χ0v) is 40.0. The fraction of sp³-hybridized carbons (Fsp3) is 0.121. The molecule has 9 aromatic carbocycles. The highest BCUT2D eigenvalue weighted by atomic mass is 16.1. The van der Waals surface area contributed by atoms with Crippen LogP contribution in [0.2, 0.25) is 0 Å². The lowest BCUT2D eigenvalue weighted by atomic mass is 9.73. The summed E-state index contributed by atoms with van der Waals surface area (Å²) in [7, 11) is 0. The highest BCUT2D eigenvalue weighted by molar-refractivity contribution is 6.18. The van der Waals surface area contributed by atoms with E-state index < -0.39 is 0 Å². The maximum Gasteiger partial charge on any atom is 0.193 e. The third-order valence-electron chi connectivity index (χ3n) is 14.7. The zero-order chi connectivity index (χ0) is 47.6. The van der Waals surface area contributed by atoms with Crippen molar-refractivity contribution in [2.24, 2.45) is 0 Å². The summed E-state index contributed by atoms with van der Waals surface area (Å²) < 4.78 is 0. The predicted molar refractivity (Wildman–Crippen MR) is 285 cm³/mol.